The molecule has 0 aliphatic rings. The van der Waals surface area contributed by atoms with Crippen molar-refractivity contribution in [2.45, 2.75) is 25.6 Å². The molecule has 0 saturated carbocycles. The van der Waals surface area contributed by atoms with Crippen molar-refractivity contribution >= 4 is 0 Å². The fraction of sp³-hybridized carbons (Fsp3) is 0.333. The summed E-state index contributed by atoms with van der Waals surface area (Å²) in [4.78, 5) is 3.97. The Labute approximate surface area is 112 Å². The molecule has 0 spiro atoms. The van der Waals surface area contributed by atoms with Crippen LogP contribution in [0.2, 0.25) is 0 Å². The van der Waals surface area contributed by atoms with Gasteiger partial charge in [0, 0.05) is 18.0 Å². The van der Waals surface area contributed by atoms with Crippen LogP contribution in [0.15, 0.2) is 22.7 Å². The summed E-state index contributed by atoms with van der Waals surface area (Å²) in [5, 5.41) is 12.8. The van der Waals surface area contributed by atoms with Crippen molar-refractivity contribution in [1.82, 2.24) is 10.1 Å². The monoisotopic (exact) mass is 287 g/mol. The Kier molecular flexibility index (Phi) is 3.67. The Morgan fingerprint density at radius 3 is 2.70 bits per heavy atom. The van der Waals surface area contributed by atoms with Crippen LogP contribution in [0.1, 0.15) is 18.4 Å². The van der Waals surface area contributed by atoms with Gasteiger partial charge in [-0.2, -0.15) is 18.2 Å². The molecule has 1 aromatic carbocycles. The lowest BCUT2D eigenvalue weighted by atomic mass is 10.1. The van der Waals surface area contributed by atoms with Crippen LogP contribution < -0.4 is 5.73 Å². The summed E-state index contributed by atoms with van der Waals surface area (Å²) in [7, 11) is 0. The number of benzene rings is 1. The predicted molar refractivity (Wildman–Crippen MR) is 63.8 cm³/mol. The first kappa shape index (κ1) is 14.3. The molecule has 0 bridgehead atoms. The van der Waals surface area contributed by atoms with Gasteiger partial charge < -0.3 is 15.4 Å². The third kappa shape index (κ3) is 3.08. The van der Waals surface area contributed by atoms with Gasteiger partial charge in [-0.1, -0.05) is 5.16 Å². The Morgan fingerprint density at radius 2 is 2.10 bits per heavy atom. The minimum absolute atomic E-state index is 0.0196. The molecule has 0 aliphatic carbocycles. The Morgan fingerprint density at radius 1 is 1.40 bits per heavy atom. The largest absolute Gasteiger partial charge is 0.507 e. The maximum atomic E-state index is 12.7. The van der Waals surface area contributed by atoms with Crippen LogP contribution in [0.5, 0.6) is 5.75 Å². The Balaban J connectivity index is 2.36. The summed E-state index contributed by atoms with van der Waals surface area (Å²) < 4.78 is 42.9. The van der Waals surface area contributed by atoms with E-state index in [2.05, 4.69) is 10.1 Å². The number of phenols is 1. The van der Waals surface area contributed by atoms with E-state index in [0.717, 1.165) is 12.1 Å². The molecule has 0 amide bonds. The maximum absolute atomic E-state index is 12.7. The van der Waals surface area contributed by atoms with Crippen LogP contribution >= 0.6 is 0 Å². The third-order valence-corrected chi connectivity index (χ3v) is 2.52. The maximum Gasteiger partial charge on any atom is 0.419 e. The van der Waals surface area contributed by atoms with E-state index in [1.807, 2.05) is 0 Å². The normalized spacial score (nSPS) is 13.4. The van der Waals surface area contributed by atoms with Crippen molar-refractivity contribution in [3.05, 3.63) is 29.7 Å². The molecule has 108 valence electrons. The number of aromatic hydroxyl groups is 1. The van der Waals surface area contributed by atoms with Crippen molar-refractivity contribution in [2.75, 3.05) is 0 Å². The number of phenolic OH excluding ortho intramolecular Hbond substituents is 1. The second kappa shape index (κ2) is 5.12. The number of hydrogen-bond donors (Lipinski definition) is 2. The molecule has 8 heteroatoms. The third-order valence-electron chi connectivity index (χ3n) is 2.52. The van der Waals surface area contributed by atoms with Crippen molar-refractivity contribution < 1.29 is 22.8 Å². The molecule has 1 heterocycles. The summed E-state index contributed by atoms with van der Waals surface area (Å²) in [6.07, 6.45) is -4.32. The Bertz CT molecular complexity index is 608. The van der Waals surface area contributed by atoms with Gasteiger partial charge in [0.2, 0.25) is 11.7 Å². The molecule has 0 radical (unpaired) electrons. The fourth-order valence-corrected chi connectivity index (χ4v) is 1.63. The quantitative estimate of drug-likeness (QED) is 0.905. The molecule has 0 fully saturated rings. The fourth-order valence-electron chi connectivity index (χ4n) is 1.63. The molecular formula is C12H12F3N3O2. The second-order valence-electron chi connectivity index (χ2n) is 4.42. The zero-order valence-corrected chi connectivity index (χ0v) is 10.5. The van der Waals surface area contributed by atoms with Gasteiger partial charge >= 0.3 is 6.18 Å². The standard InChI is InChI=1S/C12H12F3N3O2/c1-6(16)4-10-17-11(18-20-10)7-2-3-9(19)8(5-7)12(13,14)15/h2-3,5-6,19H,4,16H2,1H3. The number of halogens is 3. The molecular weight excluding hydrogens is 275 g/mol. The summed E-state index contributed by atoms with van der Waals surface area (Å²) in [5.74, 6) is -0.580. The van der Waals surface area contributed by atoms with Gasteiger partial charge in [0.15, 0.2) is 0 Å². The first-order valence-electron chi connectivity index (χ1n) is 5.76. The van der Waals surface area contributed by atoms with Crippen LogP contribution in [0.4, 0.5) is 13.2 Å². The topological polar surface area (TPSA) is 85.2 Å². The van der Waals surface area contributed by atoms with Gasteiger partial charge in [-0.05, 0) is 25.1 Å². The van der Waals surface area contributed by atoms with Crippen LogP contribution in [0.3, 0.4) is 0 Å². The molecule has 3 N–H and O–H groups in total. The van der Waals surface area contributed by atoms with Crippen molar-refractivity contribution in [2.24, 2.45) is 5.73 Å². The first-order chi connectivity index (χ1) is 9.27. The van der Waals surface area contributed by atoms with Gasteiger partial charge in [-0.3, -0.25) is 0 Å². The molecule has 2 aromatic rings. The van der Waals surface area contributed by atoms with E-state index in [4.69, 9.17) is 10.3 Å². The zero-order chi connectivity index (χ0) is 14.9. The van der Waals surface area contributed by atoms with Gasteiger partial charge in [0.05, 0.1) is 5.56 Å². The van der Waals surface area contributed by atoms with E-state index < -0.39 is 17.5 Å². The van der Waals surface area contributed by atoms with Gasteiger partial charge in [-0.15, -0.1) is 0 Å². The lowest BCUT2D eigenvalue weighted by Gasteiger charge is -2.09. The van der Waals surface area contributed by atoms with Crippen molar-refractivity contribution in [1.29, 1.82) is 0 Å². The number of rotatable bonds is 3. The number of alkyl halides is 3. The van der Waals surface area contributed by atoms with E-state index in [-0.39, 0.29) is 23.3 Å². The van der Waals surface area contributed by atoms with Crippen molar-refractivity contribution in [3.63, 3.8) is 0 Å². The van der Waals surface area contributed by atoms with Crippen LogP contribution in [-0.2, 0) is 12.6 Å². The minimum atomic E-state index is -4.65. The van der Waals surface area contributed by atoms with E-state index in [9.17, 15) is 18.3 Å². The molecule has 1 aromatic heterocycles. The molecule has 1 unspecified atom stereocenters. The van der Waals surface area contributed by atoms with Crippen molar-refractivity contribution in [3.8, 4) is 17.1 Å². The Hall–Kier alpha value is -2.09. The second-order valence-corrected chi connectivity index (χ2v) is 4.42. The number of nitrogens with two attached hydrogens (primary N) is 1. The summed E-state index contributed by atoms with van der Waals surface area (Å²) >= 11 is 0. The van der Waals surface area contributed by atoms with Gasteiger partial charge in [0.25, 0.3) is 0 Å². The van der Waals surface area contributed by atoms with Crippen LogP contribution in [-0.4, -0.2) is 21.3 Å². The van der Waals surface area contributed by atoms with Gasteiger partial charge in [-0.25, -0.2) is 0 Å². The summed E-state index contributed by atoms with van der Waals surface area (Å²) in [5.41, 5.74) is 4.53. The molecule has 20 heavy (non-hydrogen) atoms. The first-order valence-corrected chi connectivity index (χ1v) is 5.76. The summed E-state index contributed by atoms with van der Waals surface area (Å²) in [6, 6.07) is 2.80. The number of hydrogen-bond acceptors (Lipinski definition) is 5. The van der Waals surface area contributed by atoms with E-state index in [1.54, 1.807) is 6.92 Å². The van der Waals surface area contributed by atoms with Crippen LogP contribution in [0, 0.1) is 0 Å². The number of nitrogens with zero attached hydrogens (tertiary/aromatic N) is 2. The molecule has 0 saturated heterocycles. The highest BCUT2D eigenvalue weighted by Gasteiger charge is 2.34. The predicted octanol–water partition coefficient (Wildman–Crippen LogP) is 2.35. The lowest BCUT2D eigenvalue weighted by Crippen LogP contribution is -2.17. The molecule has 2 rings (SSSR count). The average Bonchev–Trinajstić information content (AvgIpc) is 2.75. The minimum Gasteiger partial charge on any atom is -0.507 e. The lowest BCUT2D eigenvalue weighted by molar-refractivity contribution is -0.138. The smallest absolute Gasteiger partial charge is 0.419 e. The zero-order valence-electron chi connectivity index (χ0n) is 10.5. The molecule has 0 aliphatic heterocycles. The highest BCUT2D eigenvalue weighted by atomic mass is 19.4. The molecule has 1 atom stereocenters. The van der Waals surface area contributed by atoms with E-state index >= 15 is 0 Å². The van der Waals surface area contributed by atoms with Gasteiger partial charge in [0.1, 0.15) is 5.75 Å². The van der Waals surface area contributed by atoms with E-state index in [1.165, 1.54) is 6.07 Å². The number of aromatic nitrogens is 2. The summed E-state index contributed by atoms with van der Waals surface area (Å²) in [6.45, 7) is 1.74. The van der Waals surface area contributed by atoms with E-state index in [0.29, 0.717) is 6.42 Å². The average molecular weight is 287 g/mol. The highest BCUT2D eigenvalue weighted by molar-refractivity contribution is 5.58. The SMILES string of the molecule is CC(N)Cc1nc(-c2ccc(O)c(C(F)(F)F)c2)no1. The highest BCUT2D eigenvalue weighted by Crippen LogP contribution is 2.37. The van der Waals surface area contributed by atoms with Crippen LogP contribution in [0.25, 0.3) is 11.4 Å². The molecule has 5 nitrogen and oxygen atoms in total.